The molecule has 0 aliphatic heterocycles. The molecule has 0 N–H and O–H groups in total. The number of alkyl halides is 27. The molecule has 0 saturated heterocycles. The molecule has 0 amide bonds. The smallest absolute Gasteiger partial charge is 0.368 e. The zero-order chi connectivity index (χ0) is 58.5. The van der Waals surface area contributed by atoms with Crippen LogP contribution in [-0.4, -0.2) is 23.5 Å². The number of hydrogen-bond donors (Lipinski definition) is 0. The zero-order valence-electron chi connectivity index (χ0n) is 36.7. The summed E-state index contributed by atoms with van der Waals surface area (Å²) in [4.78, 5) is 14.8. The third-order valence-corrected chi connectivity index (χ3v) is 10.8. The zero-order valence-corrected chi connectivity index (χ0v) is 36.7. The SMILES string of the molecule is FC(F)(F)c1cc([B-](c2cc(C(F)(F)F)cc(C(F)(F)F)c2)(c2cc(C(F)(F)F)cc(C(F)(F)F)c2)c2cc(C(F)(F)F)cc(C(F)(F)F)c2)cc(C(F)(F)F)c1.O=C(OC(F)(F)F)c1c[n+](Cc2ccccc2)ccn1. The molecule has 0 atom stereocenters. The Kier molecular flexibility index (Phi) is 16.3. The second kappa shape index (κ2) is 20.6. The number of benzene rings is 5. The van der Waals surface area contributed by atoms with E-state index in [0.717, 1.165) is 5.56 Å². The molecule has 1 aromatic heterocycles. The second-order valence-electron chi connectivity index (χ2n) is 16.2. The molecule has 0 aliphatic carbocycles. The maximum Gasteiger partial charge on any atom is 0.575 e. The predicted molar refractivity (Wildman–Crippen MR) is 212 cm³/mol. The molecule has 32 heteroatoms. The van der Waals surface area contributed by atoms with Crippen LogP contribution in [0.5, 0.6) is 0 Å². The van der Waals surface area contributed by atoms with Crippen LogP contribution in [0, 0.1) is 0 Å². The highest BCUT2D eigenvalue weighted by Crippen LogP contribution is 2.41. The number of carbonyl (C=O) groups is 1. The van der Waals surface area contributed by atoms with Gasteiger partial charge in [-0.1, -0.05) is 78.9 Å². The van der Waals surface area contributed by atoms with Crippen LogP contribution < -0.4 is 26.4 Å². The van der Waals surface area contributed by atoms with Gasteiger partial charge in [0.1, 0.15) is 6.15 Å². The van der Waals surface area contributed by atoms with Crippen molar-refractivity contribution >= 4 is 34.0 Å². The third kappa shape index (κ3) is 14.9. The van der Waals surface area contributed by atoms with Gasteiger partial charge in [0.15, 0.2) is 12.7 Å². The van der Waals surface area contributed by atoms with Gasteiger partial charge in [-0.15, -0.1) is 13.2 Å². The fourth-order valence-corrected chi connectivity index (χ4v) is 7.66. The summed E-state index contributed by atoms with van der Waals surface area (Å²) in [7, 11) is 0. The Morgan fingerprint density at radius 1 is 0.403 bits per heavy atom. The first kappa shape index (κ1) is 60.7. The fraction of sp³-hybridized carbons (Fsp3) is 0.222. The monoisotopic (exact) mass is 1150 g/mol. The van der Waals surface area contributed by atoms with Gasteiger partial charge in [0.25, 0.3) is 0 Å². The number of carbonyl (C=O) groups excluding carboxylic acids is 1. The standard InChI is InChI=1S/C32H12BF24.C13H10F3N2O2/c34-25(35,36)13-1-14(26(37,38)39)6-21(5-13)33(22-7-15(27(40,41)42)2-16(8-22)28(43,44)45,23-9-17(29(46,47)48)3-18(10-23)30(49,50)51)24-11-19(31(52,53)54)4-20(12-24)32(55,56)57;14-13(15,16)20-12(19)11-9-18(7-6-17-11)8-10-4-2-1-3-5-10/h1-12H;1-7,9H,8H2/q-1;+1. The molecule has 4 nitrogen and oxygen atoms in total. The van der Waals surface area contributed by atoms with Crippen molar-refractivity contribution in [1.29, 1.82) is 0 Å². The summed E-state index contributed by atoms with van der Waals surface area (Å²) < 4.78 is 382. The molecule has 0 fully saturated rings. The van der Waals surface area contributed by atoms with E-state index >= 15 is 0 Å². The summed E-state index contributed by atoms with van der Waals surface area (Å²) in [6.07, 6.45) is -55.8. The van der Waals surface area contributed by atoms with Crippen molar-refractivity contribution in [2.75, 3.05) is 0 Å². The van der Waals surface area contributed by atoms with Gasteiger partial charge in [0.05, 0.1) is 50.7 Å². The van der Waals surface area contributed by atoms with E-state index < -0.39 is 213 Å². The molecular formula is C45H22BF27N2O2. The van der Waals surface area contributed by atoms with E-state index in [0.29, 0.717) is 6.54 Å². The minimum Gasteiger partial charge on any atom is -0.368 e. The lowest BCUT2D eigenvalue weighted by Gasteiger charge is -2.46. The van der Waals surface area contributed by atoms with Crippen molar-refractivity contribution < 1.29 is 133 Å². The largest absolute Gasteiger partial charge is 0.575 e. The lowest BCUT2D eigenvalue weighted by atomic mass is 9.12. The molecule has 416 valence electrons. The van der Waals surface area contributed by atoms with Crippen LogP contribution in [0.4, 0.5) is 119 Å². The first-order valence-corrected chi connectivity index (χ1v) is 20.2. The summed E-state index contributed by atoms with van der Waals surface area (Å²) in [5.41, 5.74) is -29.7. The number of aromatic nitrogens is 2. The average molecular weight is 1150 g/mol. The van der Waals surface area contributed by atoms with Gasteiger partial charge in [-0.05, 0) is 24.3 Å². The number of rotatable bonds is 7. The Labute approximate surface area is 411 Å². The van der Waals surface area contributed by atoms with Gasteiger partial charge in [-0.2, -0.15) is 132 Å². The third-order valence-electron chi connectivity index (χ3n) is 10.8. The molecule has 0 aliphatic rings. The van der Waals surface area contributed by atoms with E-state index in [1.165, 1.54) is 12.4 Å². The summed E-state index contributed by atoms with van der Waals surface area (Å²) in [5, 5.41) is 0. The predicted octanol–water partition coefficient (Wildman–Crippen LogP) is 13.3. The first-order valence-electron chi connectivity index (χ1n) is 20.2. The highest BCUT2D eigenvalue weighted by Gasteiger charge is 2.47. The highest BCUT2D eigenvalue weighted by atomic mass is 19.4. The molecular weight excluding hydrogens is 1120 g/mol. The molecule has 0 radical (unpaired) electrons. The minimum absolute atomic E-state index is 0.402. The maximum atomic E-state index is 14.2. The normalized spacial score (nSPS) is 13.5. The molecule has 1 heterocycles. The van der Waals surface area contributed by atoms with Gasteiger partial charge >= 0.3 is 61.7 Å². The van der Waals surface area contributed by atoms with Gasteiger partial charge in [0.2, 0.25) is 11.9 Å². The quantitative estimate of drug-likeness (QED) is 0.0692. The van der Waals surface area contributed by atoms with E-state index in [2.05, 4.69) is 9.72 Å². The number of halogens is 27. The summed E-state index contributed by atoms with van der Waals surface area (Å²) >= 11 is 0. The summed E-state index contributed by atoms with van der Waals surface area (Å²) in [5.74, 6) is -1.53. The van der Waals surface area contributed by atoms with Crippen LogP contribution in [0.25, 0.3) is 0 Å². The molecule has 5 aromatic carbocycles. The van der Waals surface area contributed by atoms with Gasteiger partial charge < -0.3 is 4.74 Å². The molecule has 6 rings (SSSR count). The molecule has 77 heavy (non-hydrogen) atoms. The summed E-state index contributed by atoms with van der Waals surface area (Å²) in [6.45, 7) is 0.412. The van der Waals surface area contributed by atoms with E-state index in [1.807, 2.05) is 30.3 Å². The van der Waals surface area contributed by atoms with Crippen molar-refractivity contribution in [3.8, 4) is 0 Å². The Bertz CT molecular complexity index is 2650. The van der Waals surface area contributed by atoms with Crippen LogP contribution in [-0.2, 0) is 60.7 Å². The van der Waals surface area contributed by atoms with Crippen LogP contribution >= 0.6 is 0 Å². The summed E-state index contributed by atoms with van der Waals surface area (Å²) in [6, 6.07) is 0.455. The van der Waals surface area contributed by atoms with Gasteiger partial charge in [-0.3, -0.25) is 0 Å². The van der Waals surface area contributed by atoms with Crippen molar-refractivity contribution in [3.05, 3.63) is 177 Å². The molecule has 6 aromatic rings. The maximum absolute atomic E-state index is 14.2. The Hall–Kier alpha value is -7.18. The van der Waals surface area contributed by atoms with Crippen molar-refractivity contribution in [1.82, 2.24) is 4.98 Å². The molecule has 0 bridgehead atoms. The van der Waals surface area contributed by atoms with Crippen LogP contribution in [0.2, 0.25) is 0 Å². The number of hydrogen-bond acceptors (Lipinski definition) is 3. The first-order chi connectivity index (χ1) is 34.7. The number of ether oxygens (including phenoxy) is 1. The Morgan fingerprint density at radius 3 is 0.896 bits per heavy atom. The molecule has 0 unspecified atom stereocenters. The van der Waals surface area contributed by atoms with E-state index in [1.54, 1.807) is 10.8 Å². The Balaban J connectivity index is 0.000000455. The van der Waals surface area contributed by atoms with E-state index in [-0.39, 0.29) is 0 Å². The molecule has 0 saturated carbocycles. The highest BCUT2D eigenvalue weighted by molar-refractivity contribution is 7.20. The number of nitrogens with zero attached hydrogens (tertiary/aromatic N) is 2. The second-order valence-corrected chi connectivity index (χ2v) is 16.2. The lowest BCUT2D eigenvalue weighted by molar-refractivity contribution is -0.689. The number of esters is 1. The lowest BCUT2D eigenvalue weighted by Crippen LogP contribution is -2.75. The van der Waals surface area contributed by atoms with Crippen LogP contribution in [0.1, 0.15) is 60.6 Å². The van der Waals surface area contributed by atoms with Crippen LogP contribution in [0.15, 0.2) is 122 Å². The Morgan fingerprint density at radius 2 is 0.662 bits per heavy atom. The van der Waals surface area contributed by atoms with Gasteiger partial charge in [0, 0.05) is 5.56 Å². The minimum atomic E-state index is -6.13. The van der Waals surface area contributed by atoms with E-state index in [9.17, 15) is 123 Å². The fourth-order valence-electron chi connectivity index (χ4n) is 7.66. The van der Waals surface area contributed by atoms with Crippen molar-refractivity contribution in [2.24, 2.45) is 0 Å². The van der Waals surface area contributed by atoms with Crippen molar-refractivity contribution in [2.45, 2.75) is 62.3 Å². The van der Waals surface area contributed by atoms with Gasteiger partial charge in [-0.25, -0.2) is 9.78 Å². The topological polar surface area (TPSA) is 43.1 Å². The van der Waals surface area contributed by atoms with Crippen LogP contribution in [0.3, 0.4) is 0 Å². The average Bonchev–Trinajstić information content (AvgIpc) is 3.27. The molecule has 0 spiro atoms. The van der Waals surface area contributed by atoms with E-state index in [4.69, 9.17) is 0 Å². The van der Waals surface area contributed by atoms with Crippen molar-refractivity contribution in [3.63, 3.8) is 0 Å².